The molecule has 0 fully saturated rings. The van der Waals surface area contributed by atoms with Crippen LogP contribution in [0.25, 0.3) is 5.65 Å². The van der Waals surface area contributed by atoms with Gasteiger partial charge in [0, 0.05) is 6.20 Å². The molecule has 0 aliphatic heterocycles. The van der Waals surface area contributed by atoms with Crippen molar-refractivity contribution in [1.82, 2.24) is 9.38 Å². The Bertz CT molecular complexity index is 392. The Morgan fingerprint density at radius 2 is 2.27 bits per heavy atom. The van der Waals surface area contributed by atoms with Crippen molar-refractivity contribution < 1.29 is 0 Å². The van der Waals surface area contributed by atoms with E-state index in [9.17, 15) is 0 Å². The third-order valence-electron chi connectivity index (χ3n) is 1.56. The fourth-order valence-electron chi connectivity index (χ4n) is 1.10. The maximum absolute atomic E-state index is 5.89. The lowest BCUT2D eigenvalue weighted by Gasteiger charge is -1.93. The van der Waals surface area contributed by atoms with Crippen molar-refractivity contribution in [3.63, 3.8) is 0 Å². The number of imidazole rings is 1. The van der Waals surface area contributed by atoms with E-state index in [0.717, 1.165) is 11.3 Å². The summed E-state index contributed by atoms with van der Waals surface area (Å²) in [5, 5.41) is 0.697. The van der Waals surface area contributed by atoms with Crippen LogP contribution in [0.3, 0.4) is 0 Å². The maximum Gasteiger partial charge on any atom is 0.138 e. The second kappa shape index (κ2) is 2.24. The van der Waals surface area contributed by atoms with Crippen molar-refractivity contribution in [1.29, 1.82) is 0 Å². The molecule has 0 saturated carbocycles. The molecule has 2 heterocycles. The SMILES string of the molecule is Cc1cn2c(Cl)cccc2n1. The average Bonchev–Trinajstić information content (AvgIpc) is 2.31. The summed E-state index contributed by atoms with van der Waals surface area (Å²) >= 11 is 5.89. The van der Waals surface area contributed by atoms with Gasteiger partial charge in [-0.3, -0.25) is 4.40 Å². The summed E-state index contributed by atoms with van der Waals surface area (Å²) in [5.41, 5.74) is 1.88. The molecule has 0 aliphatic rings. The van der Waals surface area contributed by atoms with E-state index in [-0.39, 0.29) is 0 Å². The largest absolute Gasteiger partial charge is 0.290 e. The lowest BCUT2D eigenvalue weighted by atomic mass is 10.5. The van der Waals surface area contributed by atoms with E-state index in [1.807, 2.05) is 35.7 Å². The van der Waals surface area contributed by atoms with Crippen molar-refractivity contribution in [2.24, 2.45) is 0 Å². The Hall–Kier alpha value is -1.02. The smallest absolute Gasteiger partial charge is 0.138 e. The first-order valence-corrected chi connectivity index (χ1v) is 3.75. The minimum absolute atomic E-state index is 0.697. The predicted octanol–water partition coefficient (Wildman–Crippen LogP) is 2.30. The fraction of sp³-hybridized carbons (Fsp3) is 0.125. The first-order valence-electron chi connectivity index (χ1n) is 3.37. The number of hydrogen-bond acceptors (Lipinski definition) is 1. The number of aryl methyl sites for hydroxylation is 1. The van der Waals surface area contributed by atoms with Gasteiger partial charge in [-0.1, -0.05) is 17.7 Å². The van der Waals surface area contributed by atoms with E-state index >= 15 is 0 Å². The van der Waals surface area contributed by atoms with Crippen molar-refractivity contribution in [3.8, 4) is 0 Å². The summed E-state index contributed by atoms with van der Waals surface area (Å²) in [7, 11) is 0. The van der Waals surface area contributed by atoms with Gasteiger partial charge in [-0.05, 0) is 19.1 Å². The van der Waals surface area contributed by atoms with Crippen LogP contribution in [0.15, 0.2) is 24.4 Å². The van der Waals surface area contributed by atoms with Gasteiger partial charge >= 0.3 is 0 Å². The normalized spacial score (nSPS) is 10.7. The second-order valence-corrected chi connectivity index (χ2v) is 2.85. The zero-order valence-corrected chi connectivity index (χ0v) is 6.84. The highest BCUT2D eigenvalue weighted by Gasteiger charge is 1.98. The summed E-state index contributed by atoms with van der Waals surface area (Å²) in [6.07, 6.45) is 1.91. The molecule has 3 heteroatoms. The van der Waals surface area contributed by atoms with Crippen LogP contribution in [-0.2, 0) is 0 Å². The van der Waals surface area contributed by atoms with Crippen LogP contribution in [0.5, 0.6) is 0 Å². The molecule has 0 atom stereocenters. The Morgan fingerprint density at radius 3 is 3.00 bits per heavy atom. The quantitative estimate of drug-likeness (QED) is 0.549. The van der Waals surface area contributed by atoms with E-state index in [0.29, 0.717) is 5.15 Å². The predicted molar refractivity (Wildman–Crippen MR) is 44.9 cm³/mol. The summed E-state index contributed by atoms with van der Waals surface area (Å²) in [6, 6.07) is 5.67. The van der Waals surface area contributed by atoms with Gasteiger partial charge in [-0.2, -0.15) is 0 Å². The van der Waals surface area contributed by atoms with Crippen LogP contribution in [-0.4, -0.2) is 9.38 Å². The molecule has 0 unspecified atom stereocenters. The van der Waals surface area contributed by atoms with Crippen molar-refractivity contribution in [2.45, 2.75) is 6.92 Å². The van der Waals surface area contributed by atoms with Crippen molar-refractivity contribution >= 4 is 17.2 Å². The molecule has 0 bridgehead atoms. The Balaban J connectivity index is 2.90. The number of rotatable bonds is 0. The highest BCUT2D eigenvalue weighted by Crippen LogP contribution is 2.12. The summed E-state index contributed by atoms with van der Waals surface area (Å²) in [6.45, 7) is 1.95. The molecule has 0 radical (unpaired) electrons. The van der Waals surface area contributed by atoms with E-state index in [4.69, 9.17) is 11.6 Å². The molecule has 0 aliphatic carbocycles. The lowest BCUT2D eigenvalue weighted by molar-refractivity contribution is 1.18. The third kappa shape index (κ3) is 0.994. The van der Waals surface area contributed by atoms with Gasteiger partial charge in [0.1, 0.15) is 10.8 Å². The zero-order valence-electron chi connectivity index (χ0n) is 6.08. The van der Waals surface area contributed by atoms with E-state index in [1.165, 1.54) is 0 Å². The molecule has 0 amide bonds. The molecule has 2 aromatic rings. The second-order valence-electron chi connectivity index (χ2n) is 2.46. The van der Waals surface area contributed by atoms with Gasteiger partial charge in [0.2, 0.25) is 0 Å². The molecule has 11 heavy (non-hydrogen) atoms. The first kappa shape index (κ1) is 6.68. The van der Waals surface area contributed by atoms with Crippen molar-refractivity contribution in [2.75, 3.05) is 0 Å². The van der Waals surface area contributed by atoms with Gasteiger partial charge in [0.15, 0.2) is 0 Å². The molecule has 56 valence electrons. The number of aromatic nitrogens is 2. The average molecular weight is 167 g/mol. The van der Waals surface area contributed by atoms with E-state index < -0.39 is 0 Å². The highest BCUT2D eigenvalue weighted by atomic mass is 35.5. The van der Waals surface area contributed by atoms with Gasteiger partial charge in [-0.15, -0.1) is 0 Å². The summed E-state index contributed by atoms with van der Waals surface area (Å²) < 4.78 is 1.86. The van der Waals surface area contributed by atoms with E-state index in [1.54, 1.807) is 0 Å². The summed E-state index contributed by atoms with van der Waals surface area (Å²) in [5.74, 6) is 0. The lowest BCUT2D eigenvalue weighted by Crippen LogP contribution is -1.82. The number of fused-ring (bicyclic) bond motifs is 1. The van der Waals surface area contributed by atoms with Gasteiger partial charge in [0.25, 0.3) is 0 Å². The molecule has 0 saturated heterocycles. The zero-order chi connectivity index (χ0) is 7.84. The standard InChI is InChI=1S/C8H7ClN2/c1-6-5-11-7(9)3-2-4-8(11)10-6/h2-5H,1H3. The molecule has 2 aromatic heterocycles. The Kier molecular flexibility index (Phi) is 1.36. The van der Waals surface area contributed by atoms with Crippen LogP contribution in [0.2, 0.25) is 5.15 Å². The van der Waals surface area contributed by atoms with Crippen LogP contribution < -0.4 is 0 Å². The molecule has 0 spiro atoms. The van der Waals surface area contributed by atoms with Gasteiger partial charge < -0.3 is 0 Å². The number of nitrogens with zero attached hydrogens (tertiary/aromatic N) is 2. The van der Waals surface area contributed by atoms with E-state index in [2.05, 4.69) is 4.98 Å². The summed E-state index contributed by atoms with van der Waals surface area (Å²) in [4.78, 5) is 4.25. The number of hydrogen-bond donors (Lipinski definition) is 0. The van der Waals surface area contributed by atoms with Crippen molar-refractivity contribution in [3.05, 3.63) is 35.2 Å². The first-order chi connectivity index (χ1) is 5.27. The van der Waals surface area contributed by atoms with Crippen LogP contribution >= 0.6 is 11.6 Å². The van der Waals surface area contributed by atoms with Gasteiger partial charge in [-0.25, -0.2) is 4.98 Å². The minimum Gasteiger partial charge on any atom is -0.290 e. The molecule has 0 aromatic carbocycles. The van der Waals surface area contributed by atoms with Crippen LogP contribution in [0.4, 0.5) is 0 Å². The number of halogens is 1. The van der Waals surface area contributed by atoms with Crippen LogP contribution in [0, 0.1) is 6.92 Å². The minimum atomic E-state index is 0.697. The molecule has 2 nitrogen and oxygen atoms in total. The Labute approximate surface area is 69.4 Å². The highest BCUT2D eigenvalue weighted by molar-refractivity contribution is 6.29. The molecule has 0 N–H and O–H groups in total. The van der Waals surface area contributed by atoms with Gasteiger partial charge in [0.05, 0.1) is 5.69 Å². The Morgan fingerprint density at radius 1 is 1.45 bits per heavy atom. The monoisotopic (exact) mass is 166 g/mol. The topological polar surface area (TPSA) is 17.3 Å². The molecular weight excluding hydrogens is 160 g/mol. The third-order valence-corrected chi connectivity index (χ3v) is 1.87. The molecular formula is C8H7ClN2. The van der Waals surface area contributed by atoms with Crippen LogP contribution in [0.1, 0.15) is 5.69 Å². The fourth-order valence-corrected chi connectivity index (χ4v) is 1.31. The number of pyridine rings is 1. The molecule has 2 rings (SSSR count). The maximum atomic E-state index is 5.89.